The van der Waals surface area contributed by atoms with Crippen molar-refractivity contribution >= 4 is 5.71 Å². The van der Waals surface area contributed by atoms with Gasteiger partial charge in [-0.2, -0.15) is 5.10 Å². The molecule has 0 aliphatic carbocycles. The van der Waals surface area contributed by atoms with Crippen LogP contribution in [0, 0.1) is 6.92 Å². The minimum absolute atomic E-state index is 0.183. The van der Waals surface area contributed by atoms with E-state index in [1.54, 1.807) is 13.8 Å². The summed E-state index contributed by atoms with van der Waals surface area (Å²) in [5.41, 5.74) is 2.40. The van der Waals surface area contributed by atoms with Crippen molar-refractivity contribution < 1.29 is 9.94 Å². The van der Waals surface area contributed by atoms with Gasteiger partial charge in [-0.3, -0.25) is 0 Å². The summed E-state index contributed by atoms with van der Waals surface area (Å²) in [6.45, 7) is 3.51. The first-order valence-corrected chi connectivity index (χ1v) is 5.55. The van der Waals surface area contributed by atoms with E-state index in [0.29, 0.717) is 17.0 Å². The van der Waals surface area contributed by atoms with Crippen LogP contribution in [-0.2, 0) is 4.84 Å². The van der Waals surface area contributed by atoms with E-state index >= 15 is 0 Å². The first-order valence-electron chi connectivity index (χ1n) is 5.55. The number of hydrogen-bond donors (Lipinski definition) is 0. The third-order valence-corrected chi connectivity index (χ3v) is 2.61. The lowest BCUT2D eigenvalue weighted by Crippen LogP contribution is -2.07. The lowest BCUT2D eigenvalue weighted by Gasteiger charge is -2.12. The van der Waals surface area contributed by atoms with E-state index in [4.69, 9.17) is 4.84 Å². The van der Waals surface area contributed by atoms with Crippen LogP contribution >= 0.6 is 0 Å². The molecule has 0 spiro atoms. The molecule has 2 aromatic rings. The molecule has 0 fully saturated rings. The molecule has 0 N–H and O–H groups in total. The smallest absolute Gasteiger partial charge is 0.106 e. The van der Waals surface area contributed by atoms with Crippen LogP contribution in [0.2, 0.25) is 0 Å². The third-order valence-electron chi connectivity index (χ3n) is 2.61. The quantitative estimate of drug-likeness (QED) is 0.609. The highest BCUT2D eigenvalue weighted by Crippen LogP contribution is 2.22. The molecule has 0 saturated carbocycles. The Hall–Kier alpha value is -2.30. The Balaban J connectivity index is 2.54. The summed E-state index contributed by atoms with van der Waals surface area (Å²) in [6.07, 6.45) is 0. The molecule has 5 heteroatoms. The van der Waals surface area contributed by atoms with Crippen molar-refractivity contribution in [3.8, 4) is 11.6 Å². The number of aromatic nitrogens is 2. The molecule has 0 saturated heterocycles. The van der Waals surface area contributed by atoms with Gasteiger partial charge in [0.2, 0.25) is 0 Å². The van der Waals surface area contributed by atoms with Crippen molar-refractivity contribution in [2.75, 3.05) is 7.11 Å². The summed E-state index contributed by atoms with van der Waals surface area (Å²) in [7, 11) is 1.45. The van der Waals surface area contributed by atoms with Gasteiger partial charge >= 0.3 is 0 Å². The molecule has 94 valence electrons. The van der Waals surface area contributed by atoms with Crippen LogP contribution in [0.3, 0.4) is 0 Å². The molecule has 1 heterocycles. The van der Waals surface area contributed by atoms with E-state index < -0.39 is 0 Å². The number of aryl methyl sites for hydroxylation is 1. The topological polar surface area (TPSA) is 62.5 Å². The Labute approximate surface area is 105 Å². The molecule has 1 aromatic carbocycles. The molecular formula is C13H14N3O2-. The molecule has 0 radical (unpaired) electrons. The standard InChI is InChI=1S/C13H15N3O2/c1-9-12(10(2)15-18-3)13(17)16(14-9)11-7-5-4-6-8-11/h4-8,17H,1-3H3/p-1/b15-10-. The summed E-state index contributed by atoms with van der Waals surface area (Å²) >= 11 is 0. The highest BCUT2D eigenvalue weighted by molar-refractivity contribution is 6.01. The van der Waals surface area contributed by atoms with Crippen LogP contribution in [0.25, 0.3) is 5.69 Å². The van der Waals surface area contributed by atoms with Crippen LogP contribution in [0.4, 0.5) is 0 Å². The molecule has 2 rings (SSSR count). The molecule has 5 nitrogen and oxygen atoms in total. The first-order chi connectivity index (χ1) is 8.65. The van der Waals surface area contributed by atoms with Gasteiger partial charge in [0.05, 0.1) is 17.1 Å². The fourth-order valence-corrected chi connectivity index (χ4v) is 1.85. The Morgan fingerprint density at radius 2 is 2.00 bits per heavy atom. The Bertz CT molecular complexity index is 573. The predicted molar refractivity (Wildman–Crippen MR) is 67.0 cm³/mol. The normalized spacial score (nSPS) is 11.6. The van der Waals surface area contributed by atoms with Crippen molar-refractivity contribution in [3.63, 3.8) is 0 Å². The van der Waals surface area contributed by atoms with Crippen molar-refractivity contribution in [1.82, 2.24) is 9.78 Å². The summed E-state index contributed by atoms with van der Waals surface area (Å²) in [6, 6.07) is 9.28. The van der Waals surface area contributed by atoms with Gasteiger partial charge in [0.25, 0.3) is 0 Å². The van der Waals surface area contributed by atoms with Crippen LogP contribution in [-0.4, -0.2) is 22.6 Å². The summed E-state index contributed by atoms with van der Waals surface area (Å²) in [5.74, 6) is -0.183. The molecular weight excluding hydrogens is 230 g/mol. The number of nitrogens with zero attached hydrogens (tertiary/aromatic N) is 3. The van der Waals surface area contributed by atoms with Gasteiger partial charge < -0.3 is 9.94 Å². The van der Waals surface area contributed by atoms with Crippen LogP contribution in [0.1, 0.15) is 18.2 Å². The predicted octanol–water partition coefficient (Wildman–Crippen LogP) is 1.62. The van der Waals surface area contributed by atoms with Crippen molar-refractivity contribution in [3.05, 3.63) is 41.6 Å². The summed E-state index contributed by atoms with van der Waals surface area (Å²) < 4.78 is 1.37. The van der Waals surface area contributed by atoms with E-state index in [9.17, 15) is 5.11 Å². The molecule has 1 aromatic heterocycles. The van der Waals surface area contributed by atoms with E-state index in [-0.39, 0.29) is 5.88 Å². The lowest BCUT2D eigenvalue weighted by molar-refractivity contribution is -0.278. The molecule has 0 aliphatic rings. The number of oxime groups is 1. The van der Waals surface area contributed by atoms with Crippen LogP contribution in [0.5, 0.6) is 5.88 Å². The van der Waals surface area contributed by atoms with Gasteiger partial charge in [-0.15, -0.1) is 0 Å². The fourth-order valence-electron chi connectivity index (χ4n) is 1.85. The summed E-state index contributed by atoms with van der Waals surface area (Å²) in [5, 5.41) is 20.3. The van der Waals surface area contributed by atoms with Crippen molar-refractivity contribution in [1.29, 1.82) is 0 Å². The van der Waals surface area contributed by atoms with Gasteiger partial charge in [0.15, 0.2) is 0 Å². The number of hydrogen-bond acceptors (Lipinski definition) is 4. The average Bonchev–Trinajstić information content (AvgIpc) is 2.66. The van der Waals surface area contributed by atoms with E-state index in [0.717, 1.165) is 5.69 Å². The Kier molecular flexibility index (Phi) is 3.32. The maximum atomic E-state index is 12.3. The van der Waals surface area contributed by atoms with Crippen molar-refractivity contribution in [2.24, 2.45) is 5.16 Å². The molecule has 0 atom stereocenters. The molecule has 0 bridgehead atoms. The average molecular weight is 244 g/mol. The second-order valence-electron chi connectivity index (χ2n) is 3.87. The molecule has 0 amide bonds. The highest BCUT2D eigenvalue weighted by Gasteiger charge is 2.12. The third kappa shape index (κ3) is 2.07. The van der Waals surface area contributed by atoms with Gasteiger partial charge in [0, 0.05) is 11.4 Å². The SMILES string of the molecule is CO/N=C(/C)c1c(C)nn(-c2ccccc2)c1[O-]. The van der Waals surface area contributed by atoms with Gasteiger partial charge in [-0.05, 0) is 26.0 Å². The minimum Gasteiger partial charge on any atom is -0.858 e. The zero-order valence-electron chi connectivity index (χ0n) is 10.5. The largest absolute Gasteiger partial charge is 0.858 e. The van der Waals surface area contributed by atoms with Gasteiger partial charge in [-0.25, -0.2) is 4.68 Å². The van der Waals surface area contributed by atoms with Gasteiger partial charge in [-0.1, -0.05) is 23.4 Å². The first kappa shape index (κ1) is 12.2. The summed E-state index contributed by atoms with van der Waals surface area (Å²) in [4.78, 5) is 4.70. The maximum absolute atomic E-state index is 12.3. The molecule has 0 unspecified atom stereocenters. The lowest BCUT2D eigenvalue weighted by atomic mass is 10.2. The fraction of sp³-hybridized carbons (Fsp3) is 0.231. The van der Waals surface area contributed by atoms with E-state index in [1.165, 1.54) is 11.8 Å². The van der Waals surface area contributed by atoms with Gasteiger partial charge in [0.1, 0.15) is 7.11 Å². The molecule has 18 heavy (non-hydrogen) atoms. The zero-order chi connectivity index (χ0) is 13.1. The Morgan fingerprint density at radius 1 is 1.33 bits per heavy atom. The second kappa shape index (κ2) is 4.91. The van der Waals surface area contributed by atoms with Crippen molar-refractivity contribution in [2.45, 2.75) is 13.8 Å². The molecule has 0 aliphatic heterocycles. The highest BCUT2D eigenvalue weighted by atomic mass is 16.6. The second-order valence-corrected chi connectivity index (χ2v) is 3.87. The van der Waals surface area contributed by atoms with E-state index in [2.05, 4.69) is 10.3 Å². The van der Waals surface area contributed by atoms with Crippen LogP contribution in [0.15, 0.2) is 35.5 Å². The zero-order valence-corrected chi connectivity index (χ0v) is 10.5. The number of benzene rings is 1. The number of para-hydroxylation sites is 1. The minimum atomic E-state index is -0.183. The number of rotatable bonds is 3. The van der Waals surface area contributed by atoms with Crippen LogP contribution < -0.4 is 5.11 Å². The monoisotopic (exact) mass is 244 g/mol. The Morgan fingerprint density at radius 3 is 2.61 bits per heavy atom. The maximum Gasteiger partial charge on any atom is 0.106 e. The van der Waals surface area contributed by atoms with E-state index in [1.807, 2.05) is 30.3 Å².